The van der Waals surface area contributed by atoms with Crippen molar-refractivity contribution >= 4 is 10.8 Å². The van der Waals surface area contributed by atoms with Gasteiger partial charge in [0.2, 0.25) is 0 Å². The van der Waals surface area contributed by atoms with Gasteiger partial charge in [0.1, 0.15) is 17.2 Å². The van der Waals surface area contributed by atoms with Crippen LogP contribution in [0.4, 0.5) is 0 Å². The van der Waals surface area contributed by atoms with Crippen LogP contribution in [-0.2, 0) is 17.3 Å². The van der Waals surface area contributed by atoms with E-state index in [-0.39, 0.29) is 0 Å². The van der Waals surface area contributed by atoms with Crippen molar-refractivity contribution in [3.63, 3.8) is 0 Å². The van der Waals surface area contributed by atoms with Crippen molar-refractivity contribution in [3.8, 4) is 17.2 Å². The Morgan fingerprint density at radius 1 is 1.10 bits per heavy atom. The van der Waals surface area contributed by atoms with Gasteiger partial charge in [-0.3, -0.25) is 4.21 Å². The molecule has 0 aliphatic heterocycles. The highest BCUT2D eigenvalue weighted by molar-refractivity contribution is 7.84. The van der Waals surface area contributed by atoms with Gasteiger partial charge in [0.15, 0.2) is 0 Å². The quantitative estimate of drug-likeness (QED) is 0.702. The molecule has 0 aliphatic rings. The Bertz CT molecular complexity index is 426. The van der Waals surface area contributed by atoms with Crippen LogP contribution in [0.3, 0.4) is 0 Å². The standard InChI is InChI=1S/C14H23NO4S/c1-5-20(16)7-6-15-10-12-13(18-3)8-11(17-2)9-14(12)19-4/h8-9,15H,5-7,10H2,1-4H3. The highest BCUT2D eigenvalue weighted by Crippen LogP contribution is 2.33. The van der Waals surface area contributed by atoms with Crippen LogP contribution in [0, 0.1) is 0 Å². The third-order valence-corrected chi connectivity index (χ3v) is 4.25. The minimum absolute atomic E-state index is 0.594. The summed E-state index contributed by atoms with van der Waals surface area (Å²) in [5.74, 6) is 3.46. The molecule has 0 saturated carbocycles. The van der Waals surface area contributed by atoms with E-state index in [0.29, 0.717) is 41.8 Å². The molecule has 1 aromatic rings. The fourth-order valence-corrected chi connectivity index (χ4v) is 2.46. The predicted octanol–water partition coefficient (Wildman–Crippen LogP) is 1.57. The summed E-state index contributed by atoms with van der Waals surface area (Å²) in [5, 5.41) is 3.26. The molecule has 0 spiro atoms. The number of methoxy groups -OCH3 is 3. The number of hydrogen-bond acceptors (Lipinski definition) is 5. The van der Waals surface area contributed by atoms with E-state index in [9.17, 15) is 4.21 Å². The van der Waals surface area contributed by atoms with E-state index < -0.39 is 10.8 Å². The summed E-state index contributed by atoms with van der Waals surface area (Å²) < 4.78 is 27.3. The first-order valence-corrected chi connectivity index (χ1v) is 7.99. The van der Waals surface area contributed by atoms with Crippen molar-refractivity contribution in [1.29, 1.82) is 0 Å². The largest absolute Gasteiger partial charge is 0.496 e. The van der Waals surface area contributed by atoms with Crippen LogP contribution in [0.1, 0.15) is 12.5 Å². The van der Waals surface area contributed by atoms with Crippen molar-refractivity contribution < 1.29 is 18.4 Å². The zero-order valence-electron chi connectivity index (χ0n) is 12.5. The number of hydrogen-bond donors (Lipinski definition) is 1. The number of nitrogens with one attached hydrogen (secondary N) is 1. The van der Waals surface area contributed by atoms with Gasteiger partial charge in [-0.15, -0.1) is 0 Å². The summed E-state index contributed by atoms with van der Waals surface area (Å²) in [7, 11) is 4.08. The minimum Gasteiger partial charge on any atom is -0.496 e. The van der Waals surface area contributed by atoms with Crippen LogP contribution < -0.4 is 19.5 Å². The van der Waals surface area contributed by atoms with E-state index in [1.54, 1.807) is 21.3 Å². The molecule has 1 rings (SSSR count). The Kier molecular flexibility index (Phi) is 7.40. The lowest BCUT2D eigenvalue weighted by atomic mass is 10.1. The van der Waals surface area contributed by atoms with Gasteiger partial charge >= 0.3 is 0 Å². The van der Waals surface area contributed by atoms with Crippen LogP contribution in [0.25, 0.3) is 0 Å². The maximum Gasteiger partial charge on any atom is 0.130 e. The van der Waals surface area contributed by atoms with Crippen LogP contribution in [0.2, 0.25) is 0 Å². The fourth-order valence-electron chi connectivity index (χ4n) is 1.80. The van der Waals surface area contributed by atoms with E-state index in [1.807, 2.05) is 19.1 Å². The SMILES string of the molecule is CCS(=O)CCNCc1c(OC)cc(OC)cc1OC. The lowest BCUT2D eigenvalue weighted by Crippen LogP contribution is -2.21. The van der Waals surface area contributed by atoms with Crippen molar-refractivity contribution in [2.75, 3.05) is 39.4 Å². The average molecular weight is 301 g/mol. The van der Waals surface area contributed by atoms with Crippen molar-refractivity contribution in [1.82, 2.24) is 5.32 Å². The van der Waals surface area contributed by atoms with Gasteiger partial charge < -0.3 is 19.5 Å². The topological polar surface area (TPSA) is 56.8 Å². The maximum absolute atomic E-state index is 11.4. The third-order valence-electron chi connectivity index (χ3n) is 2.95. The zero-order valence-corrected chi connectivity index (χ0v) is 13.3. The summed E-state index contributed by atoms with van der Waals surface area (Å²) >= 11 is 0. The van der Waals surface area contributed by atoms with Crippen LogP contribution in [0.5, 0.6) is 17.2 Å². The minimum atomic E-state index is -0.749. The summed E-state index contributed by atoms with van der Waals surface area (Å²) in [6, 6.07) is 3.65. The Morgan fingerprint density at radius 3 is 2.15 bits per heavy atom. The second kappa shape index (κ2) is 8.81. The van der Waals surface area contributed by atoms with Crippen LogP contribution in [0.15, 0.2) is 12.1 Å². The molecule has 5 nitrogen and oxygen atoms in total. The van der Waals surface area contributed by atoms with Gasteiger partial charge in [-0.05, 0) is 0 Å². The molecule has 1 atom stereocenters. The highest BCUT2D eigenvalue weighted by atomic mass is 32.2. The second-order valence-corrected chi connectivity index (χ2v) is 5.99. The van der Waals surface area contributed by atoms with Crippen molar-refractivity contribution in [3.05, 3.63) is 17.7 Å². The van der Waals surface area contributed by atoms with Crippen molar-refractivity contribution in [2.45, 2.75) is 13.5 Å². The highest BCUT2D eigenvalue weighted by Gasteiger charge is 2.12. The van der Waals surface area contributed by atoms with Crippen LogP contribution >= 0.6 is 0 Å². The molecule has 20 heavy (non-hydrogen) atoms. The predicted molar refractivity (Wildman–Crippen MR) is 81.4 cm³/mol. The van der Waals surface area contributed by atoms with E-state index in [0.717, 1.165) is 5.56 Å². The molecular weight excluding hydrogens is 278 g/mol. The molecule has 0 aromatic heterocycles. The van der Waals surface area contributed by atoms with E-state index in [4.69, 9.17) is 14.2 Å². The van der Waals surface area contributed by atoms with E-state index in [1.165, 1.54) is 0 Å². The molecule has 6 heteroatoms. The summed E-state index contributed by atoms with van der Waals surface area (Å²) in [6.07, 6.45) is 0. The summed E-state index contributed by atoms with van der Waals surface area (Å²) in [6.45, 7) is 3.21. The molecule has 0 bridgehead atoms. The average Bonchev–Trinajstić information content (AvgIpc) is 2.50. The van der Waals surface area contributed by atoms with Gasteiger partial charge in [0.25, 0.3) is 0 Å². The lowest BCUT2D eigenvalue weighted by Gasteiger charge is -2.15. The van der Waals surface area contributed by atoms with Crippen molar-refractivity contribution in [2.24, 2.45) is 0 Å². The maximum atomic E-state index is 11.4. The van der Waals surface area contributed by atoms with E-state index >= 15 is 0 Å². The Labute approximate surface area is 123 Å². The molecule has 0 saturated heterocycles. The smallest absolute Gasteiger partial charge is 0.130 e. The van der Waals surface area contributed by atoms with E-state index in [2.05, 4.69) is 5.32 Å². The Morgan fingerprint density at radius 2 is 1.70 bits per heavy atom. The molecule has 1 N–H and O–H groups in total. The van der Waals surface area contributed by atoms with Crippen LogP contribution in [-0.4, -0.2) is 43.6 Å². The molecular formula is C14H23NO4S. The molecule has 0 heterocycles. The van der Waals surface area contributed by atoms with Gasteiger partial charge in [-0.25, -0.2) is 0 Å². The lowest BCUT2D eigenvalue weighted by molar-refractivity contribution is 0.367. The molecule has 0 fully saturated rings. The van der Waals surface area contributed by atoms with Gasteiger partial charge in [-0.1, -0.05) is 6.92 Å². The zero-order chi connectivity index (χ0) is 15.0. The molecule has 114 valence electrons. The first kappa shape index (κ1) is 16.8. The third kappa shape index (κ3) is 4.68. The first-order valence-electron chi connectivity index (χ1n) is 6.50. The van der Waals surface area contributed by atoms with Gasteiger partial charge in [0, 0.05) is 47.5 Å². The normalized spacial score (nSPS) is 12.0. The monoisotopic (exact) mass is 301 g/mol. The molecule has 0 radical (unpaired) electrons. The molecule has 0 amide bonds. The number of rotatable bonds is 9. The second-order valence-electron chi connectivity index (χ2n) is 4.12. The summed E-state index contributed by atoms with van der Waals surface area (Å²) in [5.41, 5.74) is 0.929. The number of ether oxygens (including phenoxy) is 3. The molecule has 1 aromatic carbocycles. The van der Waals surface area contributed by atoms with Gasteiger partial charge in [-0.2, -0.15) is 0 Å². The molecule has 1 unspecified atom stereocenters. The number of benzene rings is 1. The first-order chi connectivity index (χ1) is 9.65. The summed E-state index contributed by atoms with van der Waals surface area (Å²) in [4.78, 5) is 0. The Balaban J connectivity index is 2.74. The van der Waals surface area contributed by atoms with Gasteiger partial charge in [0.05, 0.1) is 26.9 Å². The molecule has 0 aliphatic carbocycles. The fraction of sp³-hybridized carbons (Fsp3) is 0.571. The Hall–Kier alpha value is -1.27.